The number of likely N-dealkylation sites (tertiary alicyclic amines) is 1. The second kappa shape index (κ2) is 5.30. The predicted molar refractivity (Wildman–Crippen MR) is 66.1 cm³/mol. The molecule has 2 rings (SSSR count). The molecule has 0 atom stereocenters. The van der Waals surface area contributed by atoms with Crippen molar-refractivity contribution >= 4 is 23.2 Å². The van der Waals surface area contributed by atoms with Gasteiger partial charge in [-0.1, -0.05) is 30.1 Å². The fourth-order valence-corrected chi connectivity index (χ4v) is 2.35. The first kappa shape index (κ1) is 12.1. The highest BCUT2D eigenvalue weighted by Crippen LogP contribution is 2.29. The lowest BCUT2D eigenvalue weighted by Crippen LogP contribution is -2.32. The quantitative estimate of drug-likeness (QED) is 0.818. The maximum absolute atomic E-state index is 5.94. The fourth-order valence-electron chi connectivity index (χ4n) is 2.11. The Balaban J connectivity index is 2.05. The van der Waals surface area contributed by atoms with Crippen molar-refractivity contribution in [2.75, 3.05) is 19.6 Å². The Hall–Kier alpha value is -0.380. The summed E-state index contributed by atoms with van der Waals surface area (Å²) < 4.78 is 0. The molecule has 0 radical (unpaired) electrons. The average molecular weight is 260 g/mol. The molecular weight excluding hydrogens is 245 g/mol. The van der Waals surface area contributed by atoms with Gasteiger partial charge in [-0.3, -0.25) is 0 Å². The number of hydrogen-bond donors (Lipinski definition) is 0. The highest BCUT2D eigenvalue weighted by molar-refractivity contribution is 6.41. The molecule has 0 aromatic carbocycles. The maximum atomic E-state index is 5.94. The van der Waals surface area contributed by atoms with Gasteiger partial charge in [0.05, 0.1) is 10.7 Å². The molecule has 1 aliphatic rings. The van der Waals surface area contributed by atoms with Gasteiger partial charge in [0, 0.05) is 5.92 Å². The van der Waals surface area contributed by atoms with Crippen molar-refractivity contribution in [1.82, 2.24) is 15.1 Å². The summed E-state index contributed by atoms with van der Waals surface area (Å²) in [6.07, 6.45) is 2.25. The van der Waals surface area contributed by atoms with Crippen LogP contribution in [-0.4, -0.2) is 34.7 Å². The third-order valence-corrected chi connectivity index (χ3v) is 3.84. The summed E-state index contributed by atoms with van der Waals surface area (Å²) in [7, 11) is 0. The van der Waals surface area contributed by atoms with E-state index in [0.717, 1.165) is 38.2 Å². The number of rotatable bonds is 2. The zero-order valence-corrected chi connectivity index (χ0v) is 10.8. The normalized spacial score (nSPS) is 18.9. The van der Waals surface area contributed by atoms with Gasteiger partial charge in [0.25, 0.3) is 0 Å². The second-order valence-corrected chi connectivity index (χ2v) is 4.88. The molecule has 3 nitrogen and oxygen atoms in total. The largest absolute Gasteiger partial charge is 0.304 e. The molecule has 0 N–H and O–H groups in total. The van der Waals surface area contributed by atoms with Gasteiger partial charge in [0.2, 0.25) is 0 Å². The van der Waals surface area contributed by atoms with E-state index in [-0.39, 0.29) is 5.15 Å². The molecule has 1 aromatic rings. The molecule has 1 aromatic heterocycles. The van der Waals surface area contributed by atoms with Crippen molar-refractivity contribution in [3.05, 3.63) is 21.9 Å². The van der Waals surface area contributed by atoms with Crippen LogP contribution in [0.15, 0.2) is 6.07 Å². The molecule has 16 heavy (non-hydrogen) atoms. The van der Waals surface area contributed by atoms with Gasteiger partial charge in [-0.15, -0.1) is 5.10 Å². The van der Waals surface area contributed by atoms with Gasteiger partial charge >= 0.3 is 0 Å². The summed E-state index contributed by atoms with van der Waals surface area (Å²) in [5.41, 5.74) is 0.977. The third-order valence-electron chi connectivity index (χ3n) is 3.18. The lowest BCUT2D eigenvalue weighted by atomic mass is 9.93. The van der Waals surface area contributed by atoms with Crippen LogP contribution in [0.4, 0.5) is 0 Å². The van der Waals surface area contributed by atoms with Crippen molar-refractivity contribution in [2.24, 2.45) is 0 Å². The van der Waals surface area contributed by atoms with Crippen LogP contribution in [0, 0.1) is 0 Å². The van der Waals surface area contributed by atoms with Gasteiger partial charge in [-0.2, -0.15) is 5.10 Å². The Kier molecular flexibility index (Phi) is 4.00. The number of halogens is 2. The zero-order valence-electron chi connectivity index (χ0n) is 9.29. The number of hydrogen-bond acceptors (Lipinski definition) is 3. The van der Waals surface area contributed by atoms with Crippen LogP contribution in [0.2, 0.25) is 10.2 Å². The van der Waals surface area contributed by atoms with Gasteiger partial charge in [0.15, 0.2) is 5.15 Å². The van der Waals surface area contributed by atoms with E-state index in [2.05, 4.69) is 22.0 Å². The Morgan fingerprint density at radius 2 is 2.00 bits per heavy atom. The number of nitrogens with zero attached hydrogens (tertiary/aromatic N) is 3. The summed E-state index contributed by atoms with van der Waals surface area (Å²) in [5, 5.41) is 8.78. The summed E-state index contributed by atoms with van der Waals surface area (Å²) in [5.74, 6) is 0.477. The molecule has 0 bridgehead atoms. The van der Waals surface area contributed by atoms with Crippen LogP contribution >= 0.6 is 23.2 Å². The minimum Gasteiger partial charge on any atom is -0.304 e. The molecular formula is C11H15Cl2N3. The maximum Gasteiger partial charge on any atom is 0.170 e. The standard InChI is InChI=1S/C11H15Cl2N3/c1-2-16-5-3-8(4-6-16)10-7-9(12)11(13)15-14-10/h7-8H,2-6H2,1H3. The molecule has 5 heteroatoms. The van der Waals surface area contributed by atoms with Crippen molar-refractivity contribution in [1.29, 1.82) is 0 Å². The molecule has 0 aliphatic carbocycles. The predicted octanol–water partition coefficient (Wildman–Crippen LogP) is 2.98. The van der Waals surface area contributed by atoms with E-state index in [0.29, 0.717) is 10.9 Å². The lowest BCUT2D eigenvalue weighted by Gasteiger charge is -2.30. The Morgan fingerprint density at radius 1 is 1.31 bits per heavy atom. The topological polar surface area (TPSA) is 29.0 Å². The van der Waals surface area contributed by atoms with Crippen molar-refractivity contribution < 1.29 is 0 Å². The molecule has 0 unspecified atom stereocenters. The first-order valence-corrected chi connectivity index (χ1v) is 6.37. The first-order chi connectivity index (χ1) is 7.70. The van der Waals surface area contributed by atoms with E-state index in [4.69, 9.17) is 23.2 Å². The summed E-state index contributed by atoms with van der Waals surface area (Å²) in [4.78, 5) is 2.45. The molecule has 0 saturated carbocycles. The monoisotopic (exact) mass is 259 g/mol. The van der Waals surface area contributed by atoms with Crippen LogP contribution in [-0.2, 0) is 0 Å². The molecule has 88 valence electrons. The summed E-state index contributed by atoms with van der Waals surface area (Å²) in [6.45, 7) is 5.57. The Labute approximate surface area is 106 Å². The molecule has 0 amide bonds. The van der Waals surface area contributed by atoms with E-state index >= 15 is 0 Å². The van der Waals surface area contributed by atoms with Crippen molar-refractivity contribution in [2.45, 2.75) is 25.7 Å². The van der Waals surface area contributed by atoms with Crippen molar-refractivity contribution in [3.63, 3.8) is 0 Å². The average Bonchev–Trinajstić information content (AvgIpc) is 2.33. The second-order valence-electron chi connectivity index (χ2n) is 4.12. The smallest absolute Gasteiger partial charge is 0.170 e. The van der Waals surface area contributed by atoms with E-state index in [1.165, 1.54) is 0 Å². The summed E-state index contributed by atoms with van der Waals surface area (Å²) >= 11 is 11.7. The van der Waals surface area contributed by atoms with Crippen LogP contribution in [0.5, 0.6) is 0 Å². The molecule has 2 heterocycles. The Morgan fingerprint density at radius 3 is 2.56 bits per heavy atom. The van der Waals surface area contributed by atoms with Gasteiger partial charge in [-0.25, -0.2) is 0 Å². The van der Waals surface area contributed by atoms with E-state index in [1.54, 1.807) is 0 Å². The first-order valence-electron chi connectivity index (χ1n) is 5.61. The highest BCUT2D eigenvalue weighted by atomic mass is 35.5. The molecule has 0 spiro atoms. The summed E-state index contributed by atoms with van der Waals surface area (Å²) in [6, 6.07) is 1.85. The van der Waals surface area contributed by atoms with Gasteiger partial charge in [-0.05, 0) is 38.5 Å². The fraction of sp³-hybridized carbons (Fsp3) is 0.636. The van der Waals surface area contributed by atoms with E-state index < -0.39 is 0 Å². The van der Waals surface area contributed by atoms with Crippen LogP contribution in [0.1, 0.15) is 31.4 Å². The minimum absolute atomic E-state index is 0.288. The highest BCUT2D eigenvalue weighted by Gasteiger charge is 2.21. The number of piperidine rings is 1. The van der Waals surface area contributed by atoms with Crippen LogP contribution in [0.3, 0.4) is 0 Å². The van der Waals surface area contributed by atoms with Crippen molar-refractivity contribution in [3.8, 4) is 0 Å². The number of aromatic nitrogens is 2. The van der Waals surface area contributed by atoms with Gasteiger partial charge < -0.3 is 4.90 Å². The van der Waals surface area contributed by atoms with Gasteiger partial charge in [0.1, 0.15) is 0 Å². The van der Waals surface area contributed by atoms with E-state index in [9.17, 15) is 0 Å². The SMILES string of the molecule is CCN1CCC(c2cc(Cl)c(Cl)nn2)CC1. The lowest BCUT2D eigenvalue weighted by molar-refractivity contribution is 0.220. The van der Waals surface area contributed by atoms with Crippen LogP contribution in [0.25, 0.3) is 0 Å². The van der Waals surface area contributed by atoms with E-state index in [1.807, 2.05) is 6.07 Å². The molecule has 1 saturated heterocycles. The zero-order chi connectivity index (χ0) is 11.5. The molecule has 1 aliphatic heterocycles. The third kappa shape index (κ3) is 2.65. The van der Waals surface area contributed by atoms with Crippen LogP contribution < -0.4 is 0 Å². The minimum atomic E-state index is 0.288. The molecule has 1 fully saturated rings. The Bertz CT molecular complexity index is 362.